The smallest absolute Gasteiger partial charge is 0.243 e. The number of hydrogen-bond acceptors (Lipinski definition) is 3. The summed E-state index contributed by atoms with van der Waals surface area (Å²) in [5.41, 5.74) is 2.99. The van der Waals surface area contributed by atoms with Crippen LogP contribution in [0.15, 0.2) is 84.9 Å². The zero-order chi connectivity index (χ0) is 25.0. The molecule has 0 saturated carbocycles. The number of carbonyl (C=O) groups excluding carboxylic acids is 2. The molecular formula is C29H33ClN2O2S. The number of rotatable bonds is 12. The summed E-state index contributed by atoms with van der Waals surface area (Å²) < 4.78 is 0. The van der Waals surface area contributed by atoms with Gasteiger partial charge in [0.1, 0.15) is 6.04 Å². The number of nitrogens with zero attached hydrogens (tertiary/aromatic N) is 1. The molecule has 0 aliphatic heterocycles. The highest BCUT2D eigenvalue weighted by atomic mass is 35.5. The number of nitrogens with one attached hydrogen (secondary N) is 1. The average molecular weight is 509 g/mol. The number of amides is 2. The first-order chi connectivity index (χ1) is 17.0. The Labute approximate surface area is 218 Å². The zero-order valence-electron chi connectivity index (χ0n) is 20.3. The summed E-state index contributed by atoms with van der Waals surface area (Å²) in [5, 5.41) is 3.68. The van der Waals surface area contributed by atoms with Crippen molar-refractivity contribution >= 4 is 35.2 Å². The van der Waals surface area contributed by atoms with Gasteiger partial charge in [-0.3, -0.25) is 9.59 Å². The van der Waals surface area contributed by atoms with Gasteiger partial charge in [-0.05, 0) is 36.1 Å². The molecule has 0 heterocycles. The Kier molecular flexibility index (Phi) is 10.7. The molecule has 3 aromatic carbocycles. The number of carbonyl (C=O) groups is 2. The first kappa shape index (κ1) is 26.8. The van der Waals surface area contributed by atoms with Gasteiger partial charge in [-0.1, -0.05) is 97.4 Å². The zero-order valence-corrected chi connectivity index (χ0v) is 21.9. The van der Waals surface area contributed by atoms with E-state index >= 15 is 0 Å². The van der Waals surface area contributed by atoms with Crippen molar-refractivity contribution in [3.63, 3.8) is 0 Å². The summed E-state index contributed by atoms with van der Waals surface area (Å²) in [4.78, 5) is 28.8. The van der Waals surface area contributed by atoms with E-state index in [4.69, 9.17) is 11.6 Å². The maximum Gasteiger partial charge on any atom is 0.243 e. The average Bonchev–Trinajstić information content (AvgIpc) is 2.88. The van der Waals surface area contributed by atoms with Gasteiger partial charge >= 0.3 is 0 Å². The third kappa shape index (κ3) is 8.44. The van der Waals surface area contributed by atoms with Crippen molar-refractivity contribution in [1.29, 1.82) is 0 Å². The van der Waals surface area contributed by atoms with Crippen LogP contribution in [0.2, 0.25) is 5.02 Å². The van der Waals surface area contributed by atoms with Crippen LogP contribution in [0.4, 0.5) is 0 Å². The fourth-order valence-corrected chi connectivity index (χ4v) is 4.78. The molecular weight excluding hydrogens is 476 g/mol. The third-order valence-electron chi connectivity index (χ3n) is 5.91. The fourth-order valence-electron chi connectivity index (χ4n) is 3.72. The van der Waals surface area contributed by atoms with Crippen molar-refractivity contribution in [2.75, 3.05) is 5.75 Å². The molecule has 0 saturated heterocycles. The van der Waals surface area contributed by atoms with Crippen molar-refractivity contribution < 1.29 is 9.59 Å². The minimum atomic E-state index is -0.646. The van der Waals surface area contributed by atoms with Gasteiger partial charge in [-0.15, -0.1) is 11.8 Å². The van der Waals surface area contributed by atoms with Crippen LogP contribution in [0.5, 0.6) is 0 Å². The standard InChI is InChI=1S/C29H33ClN2O2S/c1-3-22(2)31-29(34)27(18-23-12-6-4-7-13-23)32(19-25-16-10-11-17-26(25)30)28(33)21-35-20-24-14-8-5-9-15-24/h4-17,22,27H,3,18-21H2,1-2H3,(H,31,34)/t22-,27+/m0/s1. The van der Waals surface area contributed by atoms with Crippen LogP contribution in [0, 0.1) is 0 Å². The van der Waals surface area contributed by atoms with Crippen LogP contribution in [0.1, 0.15) is 37.0 Å². The van der Waals surface area contributed by atoms with Crippen LogP contribution >= 0.6 is 23.4 Å². The molecule has 2 amide bonds. The lowest BCUT2D eigenvalue weighted by atomic mass is 10.0. The normalized spacial score (nSPS) is 12.5. The van der Waals surface area contributed by atoms with Gasteiger partial charge in [0.05, 0.1) is 5.75 Å². The van der Waals surface area contributed by atoms with Gasteiger partial charge < -0.3 is 10.2 Å². The third-order valence-corrected chi connectivity index (χ3v) is 7.27. The molecule has 1 N–H and O–H groups in total. The molecule has 6 heteroatoms. The minimum Gasteiger partial charge on any atom is -0.352 e. The summed E-state index contributed by atoms with van der Waals surface area (Å²) in [6.07, 6.45) is 1.25. The second-order valence-electron chi connectivity index (χ2n) is 8.61. The predicted molar refractivity (Wildman–Crippen MR) is 146 cm³/mol. The second-order valence-corrected chi connectivity index (χ2v) is 10.0. The number of hydrogen-bond donors (Lipinski definition) is 1. The molecule has 35 heavy (non-hydrogen) atoms. The van der Waals surface area contributed by atoms with Crippen LogP contribution in [0.3, 0.4) is 0 Å². The molecule has 0 spiro atoms. The highest BCUT2D eigenvalue weighted by Gasteiger charge is 2.31. The first-order valence-corrected chi connectivity index (χ1v) is 13.5. The summed E-state index contributed by atoms with van der Waals surface area (Å²) >= 11 is 8.02. The lowest BCUT2D eigenvalue weighted by Gasteiger charge is -2.32. The molecule has 0 bridgehead atoms. The minimum absolute atomic E-state index is 0.0190. The van der Waals surface area contributed by atoms with E-state index in [0.29, 0.717) is 11.4 Å². The topological polar surface area (TPSA) is 49.4 Å². The van der Waals surface area contributed by atoms with E-state index in [1.165, 1.54) is 5.56 Å². The molecule has 3 rings (SSSR count). The van der Waals surface area contributed by atoms with E-state index in [0.717, 1.165) is 23.3 Å². The Hall–Kier alpha value is -2.76. The first-order valence-electron chi connectivity index (χ1n) is 12.0. The summed E-state index contributed by atoms with van der Waals surface area (Å²) in [6, 6.07) is 26.8. The predicted octanol–water partition coefficient (Wildman–Crippen LogP) is 6.13. The molecule has 0 fully saturated rings. The van der Waals surface area contributed by atoms with E-state index in [1.54, 1.807) is 16.7 Å². The molecule has 184 valence electrons. The van der Waals surface area contributed by atoms with E-state index in [9.17, 15) is 9.59 Å². The Balaban J connectivity index is 1.87. The molecule has 0 aliphatic carbocycles. The largest absolute Gasteiger partial charge is 0.352 e. The maximum absolute atomic E-state index is 13.6. The molecule has 2 atom stereocenters. The highest BCUT2D eigenvalue weighted by Crippen LogP contribution is 2.22. The van der Waals surface area contributed by atoms with Crippen LogP contribution in [-0.2, 0) is 28.3 Å². The Morgan fingerprint density at radius 1 is 0.914 bits per heavy atom. The van der Waals surface area contributed by atoms with Gasteiger partial charge in [0.15, 0.2) is 0 Å². The van der Waals surface area contributed by atoms with E-state index in [1.807, 2.05) is 86.6 Å². The van der Waals surface area contributed by atoms with Crippen molar-refractivity contribution in [3.8, 4) is 0 Å². The molecule has 0 unspecified atom stereocenters. The van der Waals surface area contributed by atoms with E-state index in [2.05, 4.69) is 17.4 Å². The van der Waals surface area contributed by atoms with Crippen molar-refractivity contribution in [1.82, 2.24) is 10.2 Å². The SMILES string of the molecule is CC[C@H](C)NC(=O)[C@@H](Cc1ccccc1)N(Cc1ccccc1Cl)C(=O)CSCc1ccccc1. The fraction of sp³-hybridized carbons (Fsp3) is 0.310. The van der Waals surface area contributed by atoms with Crippen LogP contribution in [0.25, 0.3) is 0 Å². The number of benzene rings is 3. The molecule has 3 aromatic rings. The van der Waals surface area contributed by atoms with Crippen LogP contribution in [-0.4, -0.2) is 34.6 Å². The van der Waals surface area contributed by atoms with Crippen molar-refractivity contribution in [3.05, 3.63) is 107 Å². The van der Waals surface area contributed by atoms with Gasteiger partial charge in [-0.2, -0.15) is 0 Å². The van der Waals surface area contributed by atoms with E-state index < -0.39 is 6.04 Å². The highest BCUT2D eigenvalue weighted by molar-refractivity contribution is 7.99. The number of halogens is 1. The lowest BCUT2D eigenvalue weighted by Crippen LogP contribution is -2.52. The van der Waals surface area contributed by atoms with Gasteiger partial charge in [-0.25, -0.2) is 0 Å². The quantitative estimate of drug-likeness (QED) is 0.320. The summed E-state index contributed by atoms with van der Waals surface area (Å²) in [5.74, 6) is 0.790. The van der Waals surface area contributed by atoms with Gasteiger partial charge in [0.2, 0.25) is 11.8 Å². The maximum atomic E-state index is 13.6. The molecule has 0 aromatic heterocycles. The summed E-state index contributed by atoms with van der Waals surface area (Å²) in [6.45, 7) is 4.28. The van der Waals surface area contributed by atoms with Gasteiger partial charge in [0.25, 0.3) is 0 Å². The van der Waals surface area contributed by atoms with Crippen molar-refractivity contribution in [2.45, 2.75) is 51.1 Å². The Morgan fingerprint density at radius 3 is 2.14 bits per heavy atom. The van der Waals surface area contributed by atoms with E-state index in [-0.39, 0.29) is 30.2 Å². The van der Waals surface area contributed by atoms with Crippen LogP contribution < -0.4 is 5.32 Å². The number of thioether (sulfide) groups is 1. The monoisotopic (exact) mass is 508 g/mol. The Morgan fingerprint density at radius 2 is 1.51 bits per heavy atom. The van der Waals surface area contributed by atoms with Crippen molar-refractivity contribution in [2.24, 2.45) is 0 Å². The molecule has 0 radical (unpaired) electrons. The molecule has 4 nitrogen and oxygen atoms in total. The second kappa shape index (κ2) is 14.0. The Bertz CT molecular complexity index is 1080. The van der Waals surface area contributed by atoms with Gasteiger partial charge in [0, 0.05) is 29.8 Å². The lowest BCUT2D eigenvalue weighted by molar-refractivity contribution is -0.139. The summed E-state index contributed by atoms with van der Waals surface area (Å²) in [7, 11) is 0. The molecule has 0 aliphatic rings.